The van der Waals surface area contributed by atoms with Gasteiger partial charge in [-0.2, -0.15) is 0 Å². The maximum Gasteiger partial charge on any atom is 0.240 e. The SMILES string of the molecule is CC(C)Cc1ccc(S(=O)(=O)NCc2cccn2Cc2cccc(F)c2)cc1. The summed E-state index contributed by atoms with van der Waals surface area (Å²) in [6, 6.07) is 17.1. The van der Waals surface area contributed by atoms with E-state index in [1.807, 2.05) is 41.1 Å². The molecule has 0 spiro atoms. The summed E-state index contributed by atoms with van der Waals surface area (Å²) < 4.78 is 43.2. The number of benzene rings is 2. The fourth-order valence-electron chi connectivity index (χ4n) is 3.12. The van der Waals surface area contributed by atoms with Crippen LogP contribution in [0.5, 0.6) is 0 Å². The maximum absolute atomic E-state index is 13.4. The number of nitrogens with one attached hydrogen (secondary N) is 1. The van der Waals surface area contributed by atoms with Gasteiger partial charge >= 0.3 is 0 Å². The molecule has 2 aromatic carbocycles. The predicted molar refractivity (Wildman–Crippen MR) is 109 cm³/mol. The van der Waals surface area contributed by atoms with Crippen molar-refractivity contribution < 1.29 is 12.8 Å². The van der Waals surface area contributed by atoms with Gasteiger partial charge in [0.05, 0.1) is 11.4 Å². The van der Waals surface area contributed by atoms with Crippen LogP contribution in [-0.2, 0) is 29.5 Å². The molecule has 0 saturated carbocycles. The molecule has 1 aromatic heterocycles. The Hall–Kier alpha value is -2.44. The first-order chi connectivity index (χ1) is 13.3. The fourth-order valence-corrected chi connectivity index (χ4v) is 4.12. The van der Waals surface area contributed by atoms with E-state index in [1.165, 1.54) is 12.1 Å². The summed E-state index contributed by atoms with van der Waals surface area (Å²) >= 11 is 0. The van der Waals surface area contributed by atoms with Crippen LogP contribution in [0, 0.1) is 11.7 Å². The Balaban J connectivity index is 1.67. The van der Waals surface area contributed by atoms with Gasteiger partial charge in [-0.15, -0.1) is 0 Å². The summed E-state index contributed by atoms with van der Waals surface area (Å²) in [5.41, 5.74) is 2.75. The van der Waals surface area contributed by atoms with E-state index in [1.54, 1.807) is 18.2 Å². The van der Waals surface area contributed by atoms with Crippen molar-refractivity contribution in [1.29, 1.82) is 0 Å². The molecule has 0 fully saturated rings. The molecule has 3 rings (SSSR count). The average Bonchev–Trinajstić information content (AvgIpc) is 3.07. The minimum absolute atomic E-state index is 0.165. The zero-order valence-corrected chi connectivity index (χ0v) is 16.9. The van der Waals surface area contributed by atoms with Crippen molar-refractivity contribution in [3.05, 3.63) is 89.5 Å². The van der Waals surface area contributed by atoms with Gasteiger partial charge in [0.1, 0.15) is 5.82 Å². The number of sulfonamides is 1. The second kappa shape index (κ2) is 8.71. The fraction of sp³-hybridized carbons (Fsp3) is 0.273. The van der Waals surface area contributed by atoms with Gasteiger partial charge < -0.3 is 4.57 Å². The number of rotatable bonds is 8. The van der Waals surface area contributed by atoms with Gasteiger partial charge in [0.2, 0.25) is 10.0 Å². The van der Waals surface area contributed by atoms with Crippen molar-refractivity contribution in [2.24, 2.45) is 5.92 Å². The van der Waals surface area contributed by atoms with Gasteiger partial charge in [0, 0.05) is 18.4 Å². The van der Waals surface area contributed by atoms with Crippen LogP contribution in [0.15, 0.2) is 71.8 Å². The number of nitrogens with zero attached hydrogens (tertiary/aromatic N) is 1. The van der Waals surface area contributed by atoms with Crippen LogP contribution < -0.4 is 4.72 Å². The van der Waals surface area contributed by atoms with E-state index < -0.39 is 10.0 Å². The monoisotopic (exact) mass is 400 g/mol. The maximum atomic E-state index is 13.4. The molecule has 0 unspecified atom stereocenters. The first kappa shape index (κ1) is 20.3. The van der Waals surface area contributed by atoms with Gasteiger partial charge in [0.15, 0.2) is 0 Å². The van der Waals surface area contributed by atoms with Crippen molar-refractivity contribution in [3.8, 4) is 0 Å². The molecule has 28 heavy (non-hydrogen) atoms. The van der Waals surface area contributed by atoms with Crippen molar-refractivity contribution in [1.82, 2.24) is 9.29 Å². The van der Waals surface area contributed by atoms with Crippen molar-refractivity contribution in [2.75, 3.05) is 0 Å². The summed E-state index contributed by atoms with van der Waals surface area (Å²) in [6.45, 7) is 4.90. The van der Waals surface area contributed by atoms with Crippen LogP contribution in [-0.4, -0.2) is 13.0 Å². The van der Waals surface area contributed by atoms with E-state index in [0.717, 1.165) is 23.2 Å². The second-order valence-corrected chi connectivity index (χ2v) is 9.09. The Morgan fingerprint density at radius 1 is 1.00 bits per heavy atom. The third-order valence-electron chi connectivity index (χ3n) is 4.49. The second-order valence-electron chi connectivity index (χ2n) is 7.32. The Bertz CT molecular complexity index is 1020. The minimum Gasteiger partial charge on any atom is -0.346 e. The van der Waals surface area contributed by atoms with Crippen LogP contribution in [0.25, 0.3) is 0 Å². The molecule has 1 heterocycles. The molecule has 0 aliphatic rings. The van der Waals surface area contributed by atoms with E-state index in [9.17, 15) is 12.8 Å². The number of aromatic nitrogens is 1. The summed E-state index contributed by atoms with van der Waals surface area (Å²) in [7, 11) is -3.60. The summed E-state index contributed by atoms with van der Waals surface area (Å²) in [5, 5.41) is 0. The van der Waals surface area contributed by atoms with E-state index in [2.05, 4.69) is 18.6 Å². The van der Waals surface area contributed by atoms with Gasteiger partial charge in [-0.05, 0) is 59.9 Å². The van der Waals surface area contributed by atoms with E-state index in [0.29, 0.717) is 12.5 Å². The number of hydrogen-bond donors (Lipinski definition) is 1. The summed E-state index contributed by atoms with van der Waals surface area (Å²) in [5.74, 6) is 0.235. The summed E-state index contributed by atoms with van der Waals surface area (Å²) in [6.07, 6.45) is 2.77. The third kappa shape index (κ3) is 5.30. The lowest BCUT2D eigenvalue weighted by atomic mass is 10.0. The Kier molecular flexibility index (Phi) is 6.31. The average molecular weight is 401 g/mol. The molecule has 0 amide bonds. The highest BCUT2D eigenvalue weighted by atomic mass is 32.2. The van der Waals surface area contributed by atoms with E-state index >= 15 is 0 Å². The largest absolute Gasteiger partial charge is 0.346 e. The third-order valence-corrected chi connectivity index (χ3v) is 5.90. The summed E-state index contributed by atoms with van der Waals surface area (Å²) in [4.78, 5) is 0.253. The van der Waals surface area contributed by atoms with E-state index in [4.69, 9.17) is 0 Å². The molecule has 6 heteroatoms. The normalized spacial score (nSPS) is 11.9. The van der Waals surface area contributed by atoms with Crippen molar-refractivity contribution >= 4 is 10.0 Å². The van der Waals surface area contributed by atoms with E-state index in [-0.39, 0.29) is 17.3 Å². The number of halogens is 1. The Morgan fingerprint density at radius 3 is 2.43 bits per heavy atom. The van der Waals surface area contributed by atoms with Crippen LogP contribution in [0.1, 0.15) is 30.7 Å². The molecule has 0 bridgehead atoms. The lowest BCUT2D eigenvalue weighted by molar-refractivity contribution is 0.578. The quantitative estimate of drug-likeness (QED) is 0.611. The smallest absolute Gasteiger partial charge is 0.240 e. The molecule has 0 aliphatic carbocycles. The highest BCUT2D eigenvalue weighted by Crippen LogP contribution is 2.15. The Labute approximate surface area is 166 Å². The van der Waals surface area contributed by atoms with Gasteiger partial charge in [-0.1, -0.05) is 38.1 Å². The molecule has 3 aromatic rings. The van der Waals surface area contributed by atoms with Crippen LogP contribution in [0.3, 0.4) is 0 Å². The lowest BCUT2D eigenvalue weighted by Gasteiger charge is -2.12. The van der Waals surface area contributed by atoms with Gasteiger partial charge in [-0.3, -0.25) is 0 Å². The van der Waals surface area contributed by atoms with Crippen LogP contribution >= 0.6 is 0 Å². The molecule has 0 atom stereocenters. The minimum atomic E-state index is -3.60. The predicted octanol–water partition coefficient (Wildman–Crippen LogP) is 4.35. The van der Waals surface area contributed by atoms with Gasteiger partial charge in [0.25, 0.3) is 0 Å². The standard InChI is InChI=1S/C22H25FN2O2S/c1-17(2)13-18-8-10-22(11-9-18)28(26,27)24-15-21-7-4-12-25(21)16-19-5-3-6-20(23)14-19/h3-12,14,17,24H,13,15-16H2,1-2H3. The molecule has 1 N–H and O–H groups in total. The Morgan fingerprint density at radius 2 is 1.75 bits per heavy atom. The zero-order valence-electron chi connectivity index (χ0n) is 16.1. The van der Waals surface area contributed by atoms with Crippen molar-refractivity contribution in [2.45, 2.75) is 38.3 Å². The topological polar surface area (TPSA) is 51.1 Å². The number of hydrogen-bond acceptors (Lipinski definition) is 2. The first-order valence-corrected chi connectivity index (χ1v) is 10.8. The highest BCUT2D eigenvalue weighted by Gasteiger charge is 2.15. The molecule has 148 valence electrons. The molecular formula is C22H25FN2O2S. The zero-order chi connectivity index (χ0) is 20.1. The molecule has 4 nitrogen and oxygen atoms in total. The first-order valence-electron chi connectivity index (χ1n) is 9.30. The molecular weight excluding hydrogens is 375 g/mol. The van der Waals surface area contributed by atoms with Crippen molar-refractivity contribution in [3.63, 3.8) is 0 Å². The molecule has 0 saturated heterocycles. The van der Waals surface area contributed by atoms with Crippen LogP contribution in [0.4, 0.5) is 4.39 Å². The van der Waals surface area contributed by atoms with Gasteiger partial charge in [-0.25, -0.2) is 17.5 Å². The lowest BCUT2D eigenvalue weighted by Crippen LogP contribution is -2.24. The molecule has 0 radical (unpaired) electrons. The van der Waals surface area contributed by atoms with Crippen LogP contribution in [0.2, 0.25) is 0 Å². The molecule has 0 aliphatic heterocycles. The highest BCUT2D eigenvalue weighted by molar-refractivity contribution is 7.89.